The SMILES string of the molecule is C/C=C/NC(=O)NC(C)c1ccc(OC)c(OC)c1. The van der Waals surface area contributed by atoms with Crippen LogP contribution in [0.15, 0.2) is 30.5 Å². The molecule has 0 spiro atoms. The van der Waals surface area contributed by atoms with E-state index < -0.39 is 0 Å². The Morgan fingerprint density at radius 1 is 1.26 bits per heavy atom. The highest BCUT2D eigenvalue weighted by Crippen LogP contribution is 2.29. The first-order chi connectivity index (χ1) is 9.12. The van der Waals surface area contributed by atoms with Crippen molar-refractivity contribution in [1.29, 1.82) is 0 Å². The maximum Gasteiger partial charge on any atom is 0.319 e. The molecule has 0 saturated heterocycles. The molecular formula is C14H20N2O3. The number of carbonyl (C=O) groups excluding carboxylic acids is 1. The maximum atomic E-state index is 11.5. The Morgan fingerprint density at radius 2 is 1.95 bits per heavy atom. The first kappa shape index (κ1) is 14.9. The van der Waals surface area contributed by atoms with E-state index in [1.807, 2.05) is 32.0 Å². The van der Waals surface area contributed by atoms with Crippen LogP contribution in [0.2, 0.25) is 0 Å². The molecule has 5 heteroatoms. The first-order valence-electron chi connectivity index (χ1n) is 6.02. The summed E-state index contributed by atoms with van der Waals surface area (Å²) in [6.45, 7) is 3.73. The van der Waals surface area contributed by atoms with Gasteiger partial charge in [0.05, 0.1) is 20.3 Å². The van der Waals surface area contributed by atoms with E-state index in [0.29, 0.717) is 11.5 Å². The van der Waals surface area contributed by atoms with Crippen molar-refractivity contribution in [3.05, 3.63) is 36.0 Å². The van der Waals surface area contributed by atoms with E-state index in [2.05, 4.69) is 10.6 Å². The van der Waals surface area contributed by atoms with Crippen molar-refractivity contribution in [1.82, 2.24) is 10.6 Å². The van der Waals surface area contributed by atoms with Crippen LogP contribution in [0, 0.1) is 0 Å². The Balaban J connectivity index is 2.76. The van der Waals surface area contributed by atoms with E-state index in [1.165, 1.54) is 0 Å². The van der Waals surface area contributed by atoms with Gasteiger partial charge in [-0.05, 0) is 31.5 Å². The van der Waals surface area contributed by atoms with Gasteiger partial charge in [0.25, 0.3) is 0 Å². The molecule has 1 aromatic rings. The molecule has 2 N–H and O–H groups in total. The average molecular weight is 264 g/mol. The number of ether oxygens (including phenoxy) is 2. The van der Waals surface area contributed by atoms with Gasteiger partial charge in [-0.15, -0.1) is 0 Å². The molecule has 19 heavy (non-hydrogen) atoms. The van der Waals surface area contributed by atoms with Crippen molar-refractivity contribution in [3.63, 3.8) is 0 Å². The van der Waals surface area contributed by atoms with Gasteiger partial charge in [-0.25, -0.2) is 4.79 Å². The lowest BCUT2D eigenvalue weighted by Crippen LogP contribution is -2.34. The highest BCUT2D eigenvalue weighted by Gasteiger charge is 2.11. The molecule has 2 amide bonds. The molecule has 0 aliphatic heterocycles. The smallest absolute Gasteiger partial charge is 0.319 e. The van der Waals surface area contributed by atoms with Crippen molar-refractivity contribution in [2.24, 2.45) is 0 Å². The zero-order valence-electron chi connectivity index (χ0n) is 11.7. The number of carbonyl (C=O) groups is 1. The Kier molecular flexibility index (Phi) is 5.73. The van der Waals surface area contributed by atoms with Crippen LogP contribution in [0.1, 0.15) is 25.5 Å². The number of amides is 2. The number of methoxy groups -OCH3 is 2. The number of hydrogen-bond donors (Lipinski definition) is 2. The Hall–Kier alpha value is -2.17. The summed E-state index contributed by atoms with van der Waals surface area (Å²) < 4.78 is 10.4. The van der Waals surface area contributed by atoms with Crippen molar-refractivity contribution in [2.75, 3.05) is 14.2 Å². The summed E-state index contributed by atoms with van der Waals surface area (Å²) in [5.74, 6) is 1.30. The van der Waals surface area contributed by atoms with Crippen molar-refractivity contribution < 1.29 is 14.3 Å². The topological polar surface area (TPSA) is 59.6 Å². The predicted octanol–water partition coefficient (Wildman–Crippen LogP) is 2.60. The molecule has 0 saturated carbocycles. The highest BCUT2D eigenvalue weighted by molar-refractivity contribution is 5.75. The van der Waals surface area contributed by atoms with Crippen LogP contribution in [-0.4, -0.2) is 20.3 Å². The molecule has 0 aliphatic rings. The number of urea groups is 1. The summed E-state index contributed by atoms with van der Waals surface area (Å²) in [5, 5.41) is 5.42. The molecule has 0 aromatic heterocycles. The molecule has 1 atom stereocenters. The minimum absolute atomic E-state index is 0.134. The number of benzene rings is 1. The Morgan fingerprint density at radius 3 is 2.53 bits per heavy atom. The summed E-state index contributed by atoms with van der Waals surface area (Å²) in [7, 11) is 3.17. The molecule has 0 bridgehead atoms. The van der Waals surface area contributed by atoms with Crippen molar-refractivity contribution in [3.8, 4) is 11.5 Å². The van der Waals surface area contributed by atoms with E-state index in [9.17, 15) is 4.79 Å². The van der Waals surface area contributed by atoms with Crippen LogP contribution in [0.3, 0.4) is 0 Å². The lowest BCUT2D eigenvalue weighted by molar-refractivity contribution is 0.241. The molecule has 1 rings (SSSR count). The second kappa shape index (κ2) is 7.31. The van der Waals surface area contributed by atoms with Gasteiger partial charge in [-0.1, -0.05) is 12.1 Å². The van der Waals surface area contributed by atoms with Crippen molar-refractivity contribution in [2.45, 2.75) is 19.9 Å². The predicted molar refractivity (Wildman–Crippen MR) is 74.4 cm³/mol. The first-order valence-corrected chi connectivity index (χ1v) is 6.02. The number of rotatable bonds is 5. The second-order valence-electron chi connectivity index (χ2n) is 3.95. The maximum absolute atomic E-state index is 11.5. The van der Waals surface area contributed by atoms with Gasteiger partial charge in [0.1, 0.15) is 0 Å². The van der Waals surface area contributed by atoms with Gasteiger partial charge < -0.3 is 20.1 Å². The largest absolute Gasteiger partial charge is 0.493 e. The minimum atomic E-state index is -0.250. The fourth-order valence-corrected chi connectivity index (χ4v) is 1.60. The van der Waals surface area contributed by atoms with Gasteiger partial charge in [0.15, 0.2) is 11.5 Å². The molecule has 5 nitrogen and oxygen atoms in total. The molecule has 0 fully saturated rings. The minimum Gasteiger partial charge on any atom is -0.493 e. The van der Waals surface area contributed by atoms with E-state index in [0.717, 1.165) is 5.56 Å². The zero-order valence-corrected chi connectivity index (χ0v) is 11.7. The van der Waals surface area contributed by atoms with Gasteiger partial charge >= 0.3 is 6.03 Å². The summed E-state index contributed by atoms with van der Waals surface area (Å²) in [4.78, 5) is 11.5. The van der Waals surface area contributed by atoms with Crippen LogP contribution in [-0.2, 0) is 0 Å². The molecule has 1 aromatic carbocycles. The van der Waals surface area contributed by atoms with Crippen molar-refractivity contribution >= 4 is 6.03 Å². The summed E-state index contributed by atoms with van der Waals surface area (Å²) in [6, 6.07) is 5.17. The normalized spacial score (nSPS) is 12.0. The van der Waals surface area contributed by atoms with Gasteiger partial charge in [-0.3, -0.25) is 0 Å². The standard InChI is InChI=1S/C14H20N2O3/c1-5-8-15-14(17)16-10(2)11-6-7-12(18-3)13(9-11)19-4/h5-10H,1-4H3,(H2,15,16,17)/b8-5+. The summed E-state index contributed by atoms with van der Waals surface area (Å²) >= 11 is 0. The Labute approximate surface area is 113 Å². The summed E-state index contributed by atoms with van der Waals surface area (Å²) in [6.07, 6.45) is 3.33. The number of hydrogen-bond acceptors (Lipinski definition) is 3. The molecule has 0 heterocycles. The second-order valence-corrected chi connectivity index (χ2v) is 3.95. The van der Waals surface area contributed by atoms with E-state index >= 15 is 0 Å². The number of allylic oxidation sites excluding steroid dienone is 1. The van der Waals surface area contributed by atoms with Crippen LogP contribution < -0.4 is 20.1 Å². The molecule has 104 valence electrons. The molecule has 1 unspecified atom stereocenters. The average Bonchev–Trinajstić information content (AvgIpc) is 2.44. The third-order valence-electron chi connectivity index (χ3n) is 2.64. The fraction of sp³-hybridized carbons (Fsp3) is 0.357. The molecule has 0 aliphatic carbocycles. The lowest BCUT2D eigenvalue weighted by Gasteiger charge is -2.16. The lowest BCUT2D eigenvalue weighted by atomic mass is 10.1. The van der Waals surface area contributed by atoms with E-state index in [-0.39, 0.29) is 12.1 Å². The van der Waals surface area contributed by atoms with Crippen LogP contribution in [0.5, 0.6) is 11.5 Å². The van der Waals surface area contributed by atoms with E-state index in [4.69, 9.17) is 9.47 Å². The van der Waals surface area contributed by atoms with Crippen LogP contribution >= 0.6 is 0 Å². The fourth-order valence-electron chi connectivity index (χ4n) is 1.60. The van der Waals surface area contributed by atoms with Crippen LogP contribution in [0.4, 0.5) is 4.79 Å². The summed E-state index contributed by atoms with van der Waals surface area (Å²) in [5.41, 5.74) is 0.938. The Bertz CT molecular complexity index is 458. The highest BCUT2D eigenvalue weighted by atomic mass is 16.5. The quantitative estimate of drug-likeness (QED) is 0.859. The van der Waals surface area contributed by atoms with Crippen LogP contribution in [0.25, 0.3) is 0 Å². The third-order valence-corrected chi connectivity index (χ3v) is 2.64. The van der Waals surface area contributed by atoms with E-state index in [1.54, 1.807) is 26.5 Å². The third kappa shape index (κ3) is 4.21. The monoisotopic (exact) mass is 264 g/mol. The van der Waals surface area contributed by atoms with Gasteiger partial charge in [0, 0.05) is 6.20 Å². The van der Waals surface area contributed by atoms with Gasteiger partial charge in [-0.2, -0.15) is 0 Å². The molecular weight excluding hydrogens is 244 g/mol. The zero-order chi connectivity index (χ0) is 14.3. The number of nitrogens with one attached hydrogen (secondary N) is 2. The molecule has 0 radical (unpaired) electrons. The van der Waals surface area contributed by atoms with Gasteiger partial charge in [0.2, 0.25) is 0 Å².